The summed E-state index contributed by atoms with van der Waals surface area (Å²) in [7, 11) is 1.20. The van der Waals surface area contributed by atoms with Crippen LogP contribution in [0.4, 0.5) is 0 Å². The smallest absolute Gasteiger partial charge is 0.331 e. The Labute approximate surface area is 63.0 Å². The van der Waals surface area contributed by atoms with E-state index < -0.39 is 11.3 Å². The van der Waals surface area contributed by atoms with Crippen molar-refractivity contribution in [3.8, 4) is 0 Å². The Morgan fingerprint density at radius 3 is 2.60 bits per heavy atom. The van der Waals surface area contributed by atoms with Crippen LogP contribution in [-0.2, 0) is 9.53 Å². The number of methoxy groups -OCH3 is 1. The predicted molar refractivity (Wildman–Crippen MR) is 37.5 cm³/mol. The van der Waals surface area contributed by atoms with Crippen molar-refractivity contribution in [1.82, 2.24) is 0 Å². The number of ether oxygens (including phenoxy) is 1. The van der Waals surface area contributed by atoms with Crippen LogP contribution in [0.5, 0.6) is 0 Å². The fourth-order valence-electron chi connectivity index (χ4n) is 0.290. The Kier molecular flexibility index (Phi) is 3.56. The predicted octanol–water partition coefficient (Wildman–Crippen LogP) is -1.00. The van der Waals surface area contributed by atoms with Crippen LogP contribution in [-0.4, -0.2) is 24.3 Å². The quantitative estimate of drug-likeness (QED) is 0.137. The number of alkyl halides is 1. The summed E-state index contributed by atoms with van der Waals surface area (Å²) in [5, 5.41) is 1.93. The molecule has 0 radical (unpaired) electrons. The van der Waals surface area contributed by atoms with Crippen LogP contribution in [0.3, 0.4) is 0 Å². The minimum Gasteiger partial charge on any atom is -0.468 e. The number of hydrogen-bond acceptors (Lipinski definition) is 4. The van der Waals surface area contributed by atoms with Crippen molar-refractivity contribution < 1.29 is 9.53 Å². The maximum absolute atomic E-state index is 10.5. The highest BCUT2D eigenvalue weighted by Crippen LogP contribution is 1.96. The fraction of sp³-hybridized carbons (Fsp3) is 0.500. The van der Waals surface area contributed by atoms with Crippen molar-refractivity contribution in [1.29, 1.82) is 0 Å². The first-order valence-electron chi connectivity index (χ1n) is 2.38. The van der Waals surface area contributed by atoms with E-state index in [1.165, 1.54) is 7.11 Å². The van der Waals surface area contributed by atoms with Gasteiger partial charge >= 0.3 is 5.97 Å². The Balaban J connectivity index is 4.08. The van der Waals surface area contributed by atoms with E-state index in [9.17, 15) is 4.79 Å². The van der Waals surface area contributed by atoms with Crippen LogP contribution < -0.4 is 11.6 Å². The number of hydrogen-bond donors (Lipinski definition) is 2. The van der Waals surface area contributed by atoms with Crippen molar-refractivity contribution in [2.24, 2.45) is 16.7 Å². The second-order valence-corrected chi connectivity index (χ2v) is 1.88. The molecular formula is C4H8ClN3O2. The topological polar surface area (TPSA) is 90.7 Å². The Bertz CT molecular complexity index is 159. The molecule has 0 aromatic rings. The average molecular weight is 166 g/mol. The van der Waals surface area contributed by atoms with Gasteiger partial charge in [0.15, 0.2) is 5.38 Å². The molecule has 0 heterocycles. The molecule has 58 valence electrons. The molecule has 0 aromatic carbocycles. The summed E-state index contributed by atoms with van der Waals surface area (Å²) >= 11 is 5.37. The highest BCUT2D eigenvalue weighted by atomic mass is 35.5. The van der Waals surface area contributed by atoms with Gasteiger partial charge in [-0.25, -0.2) is 4.79 Å². The molecule has 0 aliphatic carbocycles. The van der Waals surface area contributed by atoms with Gasteiger partial charge in [-0.15, -0.1) is 11.6 Å². The van der Waals surface area contributed by atoms with E-state index in [4.69, 9.17) is 23.2 Å². The van der Waals surface area contributed by atoms with Gasteiger partial charge in [0.05, 0.1) is 7.11 Å². The summed E-state index contributed by atoms with van der Waals surface area (Å²) in [6, 6.07) is 0. The third kappa shape index (κ3) is 2.10. The maximum Gasteiger partial charge on any atom is 0.331 e. The highest BCUT2D eigenvalue weighted by Gasteiger charge is 2.19. The molecule has 1 atom stereocenters. The van der Waals surface area contributed by atoms with Gasteiger partial charge in [-0.2, -0.15) is 5.10 Å². The van der Waals surface area contributed by atoms with E-state index in [2.05, 4.69) is 9.84 Å². The maximum atomic E-state index is 10.5. The third-order valence-electron chi connectivity index (χ3n) is 0.817. The Morgan fingerprint density at radius 1 is 1.80 bits per heavy atom. The molecule has 0 amide bonds. The van der Waals surface area contributed by atoms with E-state index in [0.717, 1.165) is 0 Å². The largest absolute Gasteiger partial charge is 0.468 e. The van der Waals surface area contributed by atoms with E-state index in [0.29, 0.717) is 0 Å². The molecule has 0 rings (SSSR count). The number of hydrazone groups is 1. The van der Waals surface area contributed by atoms with Crippen LogP contribution in [0.2, 0.25) is 0 Å². The molecule has 0 saturated heterocycles. The average Bonchev–Trinajstić information content (AvgIpc) is 2.00. The van der Waals surface area contributed by atoms with Crippen LogP contribution in [0, 0.1) is 0 Å². The van der Waals surface area contributed by atoms with Crippen LogP contribution >= 0.6 is 11.6 Å². The standard InChI is InChI=1S/C4H8ClN3O2/c1-10-4(9)2(5)3(6)8-7/h2H,7H2,1H3,(H2,6,8). The lowest BCUT2D eigenvalue weighted by Crippen LogP contribution is -2.33. The van der Waals surface area contributed by atoms with Crippen molar-refractivity contribution in [2.45, 2.75) is 5.38 Å². The molecule has 0 fully saturated rings. The van der Waals surface area contributed by atoms with Gasteiger partial charge in [0.25, 0.3) is 0 Å². The molecule has 0 spiro atoms. The van der Waals surface area contributed by atoms with Gasteiger partial charge < -0.3 is 16.3 Å². The molecule has 0 aliphatic heterocycles. The lowest BCUT2D eigenvalue weighted by Gasteiger charge is -2.03. The van der Waals surface area contributed by atoms with Crippen molar-refractivity contribution >= 4 is 23.4 Å². The van der Waals surface area contributed by atoms with Gasteiger partial charge in [0, 0.05) is 0 Å². The van der Waals surface area contributed by atoms with Crippen LogP contribution in [0.25, 0.3) is 0 Å². The Morgan fingerprint density at radius 2 is 2.30 bits per heavy atom. The molecule has 6 heteroatoms. The minimum atomic E-state index is -1.09. The lowest BCUT2D eigenvalue weighted by molar-refractivity contribution is -0.138. The van der Waals surface area contributed by atoms with Crippen LogP contribution in [0.15, 0.2) is 5.10 Å². The zero-order valence-corrected chi connectivity index (χ0v) is 6.13. The SMILES string of the molecule is COC(=O)C(Cl)C(N)=NN. The van der Waals surface area contributed by atoms with E-state index in [1.54, 1.807) is 0 Å². The van der Waals surface area contributed by atoms with Gasteiger partial charge in [-0.1, -0.05) is 0 Å². The fourth-order valence-corrected chi connectivity index (χ4v) is 0.435. The molecule has 0 bridgehead atoms. The van der Waals surface area contributed by atoms with Crippen molar-refractivity contribution in [2.75, 3.05) is 7.11 Å². The van der Waals surface area contributed by atoms with E-state index in [-0.39, 0.29) is 5.84 Å². The molecular weight excluding hydrogens is 158 g/mol. The molecule has 0 aliphatic rings. The zero-order valence-electron chi connectivity index (χ0n) is 5.37. The number of nitrogens with two attached hydrogens (primary N) is 2. The normalized spacial score (nSPS) is 14.4. The second kappa shape index (κ2) is 3.94. The van der Waals surface area contributed by atoms with Gasteiger partial charge in [0.1, 0.15) is 5.84 Å². The summed E-state index contributed by atoms with van der Waals surface area (Å²) in [5.41, 5.74) is 5.09. The first kappa shape index (κ1) is 9.03. The molecule has 10 heavy (non-hydrogen) atoms. The lowest BCUT2D eigenvalue weighted by atomic mass is 10.4. The van der Waals surface area contributed by atoms with Gasteiger partial charge in [-0.05, 0) is 0 Å². The summed E-state index contributed by atoms with van der Waals surface area (Å²) in [6.45, 7) is 0. The van der Waals surface area contributed by atoms with Gasteiger partial charge in [-0.3, -0.25) is 0 Å². The Hall–Kier alpha value is -0.970. The molecule has 0 saturated carbocycles. The first-order chi connectivity index (χ1) is 4.63. The highest BCUT2D eigenvalue weighted by molar-refractivity contribution is 6.41. The number of amidine groups is 1. The van der Waals surface area contributed by atoms with Crippen molar-refractivity contribution in [3.05, 3.63) is 0 Å². The summed E-state index contributed by atoms with van der Waals surface area (Å²) in [5.74, 6) is 3.90. The van der Waals surface area contributed by atoms with Gasteiger partial charge in [0.2, 0.25) is 0 Å². The molecule has 1 unspecified atom stereocenters. The number of carbonyl (C=O) groups excluding carboxylic acids is 1. The van der Waals surface area contributed by atoms with E-state index >= 15 is 0 Å². The first-order valence-corrected chi connectivity index (χ1v) is 2.82. The minimum absolute atomic E-state index is 0.159. The number of carbonyl (C=O) groups is 1. The van der Waals surface area contributed by atoms with Crippen molar-refractivity contribution in [3.63, 3.8) is 0 Å². The number of esters is 1. The summed E-state index contributed by atoms with van der Waals surface area (Å²) in [4.78, 5) is 10.5. The third-order valence-corrected chi connectivity index (χ3v) is 1.22. The number of halogens is 1. The number of nitrogens with zero attached hydrogens (tertiary/aromatic N) is 1. The monoisotopic (exact) mass is 165 g/mol. The molecule has 5 nitrogen and oxygen atoms in total. The molecule has 0 aromatic heterocycles. The van der Waals surface area contributed by atoms with E-state index in [1.807, 2.05) is 0 Å². The second-order valence-electron chi connectivity index (χ2n) is 1.44. The molecule has 4 N–H and O–H groups in total. The zero-order chi connectivity index (χ0) is 8.15. The summed E-state index contributed by atoms with van der Waals surface area (Å²) in [6.07, 6.45) is 0. The number of rotatable bonds is 2. The van der Waals surface area contributed by atoms with Crippen LogP contribution in [0.1, 0.15) is 0 Å². The summed E-state index contributed by atoms with van der Waals surface area (Å²) < 4.78 is 4.25.